The third-order valence-electron chi connectivity index (χ3n) is 3.45. The van der Waals surface area contributed by atoms with E-state index in [1.165, 1.54) is 23.9 Å². The van der Waals surface area contributed by atoms with E-state index in [0.717, 1.165) is 6.26 Å². The van der Waals surface area contributed by atoms with Crippen LogP contribution in [0.15, 0.2) is 21.8 Å². The first-order valence-corrected chi connectivity index (χ1v) is 9.32. The summed E-state index contributed by atoms with van der Waals surface area (Å²) in [5, 5.41) is 2.60. The molecule has 0 aliphatic carbocycles. The first-order chi connectivity index (χ1) is 11.1. The number of nitrogens with one attached hydrogen (secondary N) is 1. The lowest BCUT2D eigenvalue weighted by Gasteiger charge is -2.13. The fraction of sp³-hybridized carbons (Fsp3) is 0.333. The van der Waals surface area contributed by atoms with Gasteiger partial charge in [0.05, 0.1) is 11.6 Å². The average molecular weight is 373 g/mol. The third kappa shape index (κ3) is 3.11. The molecule has 1 aromatic heterocycles. The quantitative estimate of drug-likeness (QED) is 0.805. The van der Waals surface area contributed by atoms with Crippen LogP contribution in [0.2, 0.25) is 5.02 Å². The summed E-state index contributed by atoms with van der Waals surface area (Å²) in [4.78, 5) is 24.7. The lowest BCUT2D eigenvalue weighted by molar-refractivity contribution is 0.103. The SMILES string of the molecule is CCOc1c(S(C)(=O)=O)ccc(C(=O)c2c(C)[nH]n(C)c2=O)c1Cl. The number of aromatic nitrogens is 2. The highest BCUT2D eigenvalue weighted by atomic mass is 35.5. The molecule has 2 aromatic rings. The van der Waals surface area contributed by atoms with Crippen molar-refractivity contribution in [1.29, 1.82) is 0 Å². The van der Waals surface area contributed by atoms with E-state index < -0.39 is 21.2 Å². The largest absolute Gasteiger partial charge is 0.491 e. The van der Waals surface area contributed by atoms with Gasteiger partial charge in [-0.1, -0.05) is 11.6 Å². The molecule has 130 valence electrons. The summed E-state index contributed by atoms with van der Waals surface area (Å²) in [7, 11) is -2.10. The number of aryl methyl sites for hydroxylation is 2. The molecule has 1 N–H and O–H groups in total. The highest BCUT2D eigenvalue weighted by Gasteiger charge is 2.26. The summed E-state index contributed by atoms with van der Waals surface area (Å²) in [6.45, 7) is 3.44. The van der Waals surface area contributed by atoms with Crippen molar-refractivity contribution in [3.8, 4) is 5.75 Å². The first kappa shape index (κ1) is 18.3. The summed E-state index contributed by atoms with van der Waals surface area (Å²) >= 11 is 6.23. The molecule has 0 fully saturated rings. The number of ketones is 1. The predicted octanol–water partition coefficient (Wildman–Crippen LogP) is 1.71. The molecular formula is C15H17ClN2O5S. The van der Waals surface area contributed by atoms with Crippen LogP contribution in [0.5, 0.6) is 5.75 Å². The van der Waals surface area contributed by atoms with Gasteiger partial charge in [0.15, 0.2) is 15.6 Å². The van der Waals surface area contributed by atoms with Crippen LogP contribution >= 0.6 is 11.6 Å². The molecule has 0 aliphatic rings. The molecule has 0 radical (unpaired) electrons. The molecule has 0 saturated heterocycles. The van der Waals surface area contributed by atoms with Crippen molar-refractivity contribution in [3.63, 3.8) is 0 Å². The van der Waals surface area contributed by atoms with E-state index in [1.54, 1.807) is 13.8 Å². The Balaban J connectivity index is 2.70. The van der Waals surface area contributed by atoms with Gasteiger partial charge in [-0.25, -0.2) is 8.42 Å². The van der Waals surface area contributed by atoms with Gasteiger partial charge in [0, 0.05) is 24.6 Å². The summed E-state index contributed by atoms with van der Waals surface area (Å²) < 4.78 is 30.2. The monoisotopic (exact) mass is 372 g/mol. The Morgan fingerprint density at radius 1 is 1.38 bits per heavy atom. The third-order valence-corrected chi connectivity index (χ3v) is 4.95. The molecule has 2 rings (SSSR count). The van der Waals surface area contributed by atoms with Gasteiger partial charge in [-0.15, -0.1) is 0 Å². The number of carbonyl (C=O) groups excluding carboxylic acids is 1. The smallest absolute Gasteiger partial charge is 0.277 e. The van der Waals surface area contributed by atoms with E-state index in [9.17, 15) is 18.0 Å². The molecule has 1 aromatic carbocycles. The fourth-order valence-corrected chi connectivity index (χ4v) is 3.55. The Labute approximate surface area is 144 Å². The number of hydrogen-bond acceptors (Lipinski definition) is 5. The van der Waals surface area contributed by atoms with Crippen molar-refractivity contribution in [2.75, 3.05) is 12.9 Å². The maximum atomic E-state index is 12.7. The molecular weight excluding hydrogens is 356 g/mol. The van der Waals surface area contributed by atoms with Crippen LogP contribution in [-0.4, -0.2) is 36.8 Å². The van der Waals surface area contributed by atoms with Gasteiger partial charge in [0.25, 0.3) is 5.56 Å². The van der Waals surface area contributed by atoms with E-state index in [4.69, 9.17) is 16.3 Å². The standard InChI is InChI=1S/C15H17ClN2O5S/c1-5-23-14-10(24(4,21)22)7-6-9(12(14)16)13(19)11-8(2)17-18(3)15(11)20/h6-7,17H,5H2,1-4H3. The van der Waals surface area contributed by atoms with Crippen LogP contribution in [0.1, 0.15) is 28.5 Å². The van der Waals surface area contributed by atoms with Gasteiger partial charge >= 0.3 is 0 Å². The van der Waals surface area contributed by atoms with Crippen LogP contribution in [0.25, 0.3) is 0 Å². The highest BCUT2D eigenvalue weighted by molar-refractivity contribution is 7.90. The number of H-pyrrole nitrogens is 1. The van der Waals surface area contributed by atoms with Gasteiger partial charge in [-0.3, -0.25) is 19.4 Å². The molecule has 9 heteroatoms. The molecule has 0 saturated carbocycles. The lowest BCUT2D eigenvalue weighted by atomic mass is 10.0. The number of sulfone groups is 1. The summed E-state index contributed by atoms with van der Waals surface area (Å²) in [5.74, 6) is -0.683. The molecule has 0 aliphatic heterocycles. The average Bonchev–Trinajstić information content (AvgIpc) is 2.72. The number of hydrogen-bond donors (Lipinski definition) is 1. The minimum Gasteiger partial charge on any atom is -0.491 e. The minimum atomic E-state index is -3.59. The summed E-state index contributed by atoms with van der Waals surface area (Å²) in [6, 6.07) is 2.54. The minimum absolute atomic E-state index is 0.00677. The van der Waals surface area contributed by atoms with Crippen molar-refractivity contribution in [2.45, 2.75) is 18.7 Å². The number of benzene rings is 1. The van der Waals surface area contributed by atoms with Crippen molar-refractivity contribution < 1.29 is 17.9 Å². The number of nitrogens with zero attached hydrogens (tertiary/aromatic N) is 1. The van der Waals surface area contributed by atoms with E-state index >= 15 is 0 Å². The second-order valence-corrected chi connectivity index (χ2v) is 7.63. The second-order valence-electron chi connectivity index (χ2n) is 5.26. The molecule has 0 spiro atoms. The number of rotatable bonds is 5. The molecule has 0 amide bonds. The Hall–Kier alpha value is -2.06. The summed E-state index contributed by atoms with van der Waals surface area (Å²) in [6.07, 6.45) is 1.02. The molecule has 0 unspecified atom stereocenters. The first-order valence-electron chi connectivity index (χ1n) is 7.05. The Morgan fingerprint density at radius 3 is 2.46 bits per heavy atom. The lowest BCUT2D eigenvalue weighted by Crippen LogP contribution is -2.20. The normalized spacial score (nSPS) is 11.5. The maximum absolute atomic E-state index is 12.7. The van der Waals surface area contributed by atoms with Crippen LogP contribution in [0.3, 0.4) is 0 Å². The highest BCUT2D eigenvalue weighted by Crippen LogP contribution is 2.36. The fourth-order valence-electron chi connectivity index (χ4n) is 2.37. The number of halogens is 1. The van der Waals surface area contributed by atoms with Crippen LogP contribution in [0, 0.1) is 6.92 Å². The van der Waals surface area contributed by atoms with E-state index in [2.05, 4.69) is 5.10 Å². The molecule has 0 atom stereocenters. The van der Waals surface area contributed by atoms with Crippen molar-refractivity contribution in [3.05, 3.63) is 44.3 Å². The predicted molar refractivity (Wildman–Crippen MR) is 89.9 cm³/mol. The Bertz CT molecular complexity index is 972. The maximum Gasteiger partial charge on any atom is 0.277 e. The van der Waals surface area contributed by atoms with Crippen LogP contribution < -0.4 is 10.3 Å². The van der Waals surface area contributed by atoms with E-state index in [-0.39, 0.29) is 33.4 Å². The van der Waals surface area contributed by atoms with Gasteiger partial charge < -0.3 is 4.74 Å². The van der Waals surface area contributed by atoms with E-state index in [1.807, 2.05) is 0 Å². The number of carbonyl (C=O) groups is 1. The number of ether oxygens (including phenoxy) is 1. The second kappa shape index (κ2) is 6.45. The van der Waals surface area contributed by atoms with Gasteiger partial charge in [-0.05, 0) is 26.0 Å². The zero-order valence-corrected chi connectivity index (χ0v) is 15.2. The molecule has 1 heterocycles. The topological polar surface area (TPSA) is 98.2 Å². The van der Waals surface area contributed by atoms with Crippen molar-refractivity contribution in [2.24, 2.45) is 7.05 Å². The van der Waals surface area contributed by atoms with Crippen LogP contribution in [-0.2, 0) is 16.9 Å². The Kier molecular flexibility index (Phi) is 4.91. The Morgan fingerprint density at radius 2 is 2.00 bits per heavy atom. The summed E-state index contributed by atoms with van der Waals surface area (Å²) in [5.41, 5.74) is -0.131. The van der Waals surface area contributed by atoms with Crippen LogP contribution in [0.4, 0.5) is 0 Å². The zero-order valence-electron chi connectivity index (χ0n) is 13.6. The van der Waals surface area contributed by atoms with Gasteiger partial charge in [-0.2, -0.15) is 0 Å². The van der Waals surface area contributed by atoms with E-state index in [0.29, 0.717) is 5.69 Å². The van der Waals surface area contributed by atoms with Crippen molar-refractivity contribution >= 4 is 27.2 Å². The van der Waals surface area contributed by atoms with Gasteiger partial charge in [0.2, 0.25) is 5.78 Å². The molecule has 0 bridgehead atoms. The molecule has 24 heavy (non-hydrogen) atoms. The zero-order chi connectivity index (χ0) is 18.2. The van der Waals surface area contributed by atoms with Gasteiger partial charge in [0.1, 0.15) is 10.5 Å². The van der Waals surface area contributed by atoms with Crippen molar-refractivity contribution in [1.82, 2.24) is 9.78 Å². The molecule has 7 nitrogen and oxygen atoms in total. The number of aromatic amines is 1.